The van der Waals surface area contributed by atoms with E-state index < -0.39 is 0 Å². The van der Waals surface area contributed by atoms with E-state index in [1.807, 2.05) is 18.4 Å². The minimum absolute atomic E-state index is 1.28. The van der Waals surface area contributed by atoms with Gasteiger partial charge in [0.05, 0.1) is 0 Å². The van der Waals surface area contributed by atoms with Crippen molar-refractivity contribution < 1.29 is 0 Å². The number of nitrogens with one attached hydrogen (secondary N) is 1. The Morgan fingerprint density at radius 1 is 1.09 bits per heavy atom. The normalized spacial score (nSPS) is 23.5. The second-order valence-corrected chi connectivity index (χ2v) is 2.93. The van der Waals surface area contributed by atoms with E-state index in [1.165, 1.54) is 25.0 Å². The standard InChI is InChI=1S/C10H12N/c1-2-7-10(11-8-3-1)9-5-4-6-9/h1-3,7-8,11H,4-6H2. The molecule has 1 N–H and O–H groups in total. The van der Waals surface area contributed by atoms with Crippen molar-refractivity contribution in [2.75, 3.05) is 0 Å². The minimum Gasteiger partial charge on any atom is -0.365 e. The number of rotatable bonds is 1. The Kier molecular flexibility index (Phi) is 1.80. The van der Waals surface area contributed by atoms with Crippen LogP contribution in [0.15, 0.2) is 36.2 Å². The summed E-state index contributed by atoms with van der Waals surface area (Å²) in [7, 11) is 0. The van der Waals surface area contributed by atoms with Crippen LogP contribution in [0.4, 0.5) is 0 Å². The minimum atomic E-state index is 1.28. The fourth-order valence-electron chi connectivity index (χ4n) is 1.30. The van der Waals surface area contributed by atoms with Gasteiger partial charge in [-0.15, -0.1) is 0 Å². The molecule has 0 saturated heterocycles. The molecular weight excluding hydrogens is 134 g/mol. The summed E-state index contributed by atoms with van der Waals surface area (Å²) in [5, 5.41) is 3.26. The molecule has 1 aliphatic heterocycles. The third-order valence-corrected chi connectivity index (χ3v) is 2.16. The van der Waals surface area contributed by atoms with E-state index in [1.54, 1.807) is 5.92 Å². The second kappa shape index (κ2) is 2.95. The van der Waals surface area contributed by atoms with Crippen LogP contribution in [-0.2, 0) is 0 Å². The summed E-state index contributed by atoms with van der Waals surface area (Å²) in [5.41, 5.74) is 1.31. The summed E-state index contributed by atoms with van der Waals surface area (Å²) in [4.78, 5) is 0. The smallest absolute Gasteiger partial charge is 0.0219 e. The van der Waals surface area contributed by atoms with Gasteiger partial charge in [0, 0.05) is 17.8 Å². The van der Waals surface area contributed by atoms with Crippen LogP contribution in [0, 0.1) is 5.92 Å². The maximum absolute atomic E-state index is 3.26. The molecule has 1 fully saturated rings. The summed E-state index contributed by atoms with van der Waals surface area (Å²) in [6, 6.07) is 0. The maximum Gasteiger partial charge on any atom is 0.0219 e. The van der Waals surface area contributed by atoms with E-state index in [2.05, 4.69) is 17.5 Å². The van der Waals surface area contributed by atoms with Gasteiger partial charge in [-0.25, -0.2) is 0 Å². The lowest BCUT2D eigenvalue weighted by atomic mass is 9.82. The van der Waals surface area contributed by atoms with Gasteiger partial charge in [0.1, 0.15) is 0 Å². The Labute approximate surface area is 67.5 Å². The van der Waals surface area contributed by atoms with Crippen LogP contribution < -0.4 is 5.32 Å². The van der Waals surface area contributed by atoms with Gasteiger partial charge in [-0.1, -0.05) is 18.6 Å². The number of allylic oxidation sites excluding steroid dienone is 5. The predicted octanol–water partition coefficient (Wildman–Crippen LogP) is 2.30. The lowest BCUT2D eigenvalue weighted by Gasteiger charge is -2.26. The summed E-state index contributed by atoms with van der Waals surface area (Å²) < 4.78 is 0. The van der Waals surface area contributed by atoms with E-state index in [0.29, 0.717) is 0 Å². The Hall–Kier alpha value is -0.980. The first kappa shape index (κ1) is 6.71. The van der Waals surface area contributed by atoms with Gasteiger partial charge < -0.3 is 5.32 Å². The van der Waals surface area contributed by atoms with Crippen molar-refractivity contribution in [2.45, 2.75) is 19.3 Å². The van der Waals surface area contributed by atoms with Crippen molar-refractivity contribution in [1.82, 2.24) is 5.32 Å². The lowest BCUT2D eigenvalue weighted by Crippen LogP contribution is -2.19. The lowest BCUT2D eigenvalue weighted by molar-refractivity contribution is 0.558. The summed E-state index contributed by atoms with van der Waals surface area (Å²) in [6.45, 7) is 0. The first-order chi connectivity index (χ1) is 5.47. The Morgan fingerprint density at radius 3 is 2.73 bits per heavy atom. The molecule has 2 aliphatic rings. The van der Waals surface area contributed by atoms with Crippen molar-refractivity contribution >= 4 is 0 Å². The van der Waals surface area contributed by atoms with Crippen molar-refractivity contribution in [3.05, 3.63) is 42.1 Å². The van der Waals surface area contributed by atoms with Crippen LogP contribution >= 0.6 is 0 Å². The molecule has 1 nitrogen and oxygen atoms in total. The van der Waals surface area contributed by atoms with E-state index in [4.69, 9.17) is 0 Å². The molecule has 11 heavy (non-hydrogen) atoms. The van der Waals surface area contributed by atoms with Crippen LogP contribution in [0.3, 0.4) is 0 Å². The molecule has 1 heterocycles. The first-order valence-corrected chi connectivity index (χ1v) is 4.12. The highest BCUT2D eigenvalue weighted by molar-refractivity contribution is 5.33. The highest BCUT2D eigenvalue weighted by atomic mass is 14.9. The molecule has 0 unspecified atom stereocenters. The molecule has 0 bridgehead atoms. The Morgan fingerprint density at radius 2 is 2.00 bits per heavy atom. The fraction of sp³-hybridized carbons (Fsp3) is 0.300. The van der Waals surface area contributed by atoms with Gasteiger partial charge in [-0.05, 0) is 25.0 Å². The third kappa shape index (κ3) is 1.37. The van der Waals surface area contributed by atoms with Crippen LogP contribution in [0.5, 0.6) is 0 Å². The fourth-order valence-corrected chi connectivity index (χ4v) is 1.30. The largest absolute Gasteiger partial charge is 0.365 e. The molecule has 1 aliphatic carbocycles. The Bertz CT molecular complexity index is 219. The summed E-state index contributed by atoms with van der Waals surface area (Å²) in [5.74, 6) is 1.57. The molecule has 0 aromatic heterocycles. The molecule has 1 saturated carbocycles. The van der Waals surface area contributed by atoms with E-state index in [-0.39, 0.29) is 0 Å². The molecule has 0 amide bonds. The molecule has 0 spiro atoms. The van der Waals surface area contributed by atoms with Crippen molar-refractivity contribution in [2.24, 2.45) is 0 Å². The van der Waals surface area contributed by atoms with Crippen molar-refractivity contribution in [3.8, 4) is 0 Å². The molecule has 0 atom stereocenters. The van der Waals surface area contributed by atoms with Crippen molar-refractivity contribution in [1.29, 1.82) is 0 Å². The zero-order valence-electron chi connectivity index (χ0n) is 6.51. The Balaban J connectivity index is 2.06. The molecular formula is C10H12N. The molecule has 1 heteroatoms. The van der Waals surface area contributed by atoms with Crippen LogP contribution in [0.1, 0.15) is 19.3 Å². The quantitative estimate of drug-likeness (QED) is 0.598. The van der Waals surface area contributed by atoms with Gasteiger partial charge in [0.2, 0.25) is 0 Å². The maximum atomic E-state index is 3.26. The number of hydrogen-bond donors (Lipinski definition) is 1. The third-order valence-electron chi connectivity index (χ3n) is 2.16. The zero-order chi connectivity index (χ0) is 7.52. The molecule has 1 radical (unpaired) electrons. The SMILES string of the molecule is C1=CC=C([C]2CCC2)NC=C1. The van der Waals surface area contributed by atoms with Crippen LogP contribution in [0.25, 0.3) is 0 Å². The molecule has 2 rings (SSSR count). The average molecular weight is 146 g/mol. The number of hydrogen-bond acceptors (Lipinski definition) is 1. The van der Waals surface area contributed by atoms with Gasteiger partial charge in [-0.3, -0.25) is 0 Å². The van der Waals surface area contributed by atoms with E-state index >= 15 is 0 Å². The molecule has 57 valence electrons. The average Bonchev–Trinajstić information content (AvgIpc) is 2.12. The topological polar surface area (TPSA) is 12.0 Å². The van der Waals surface area contributed by atoms with Crippen molar-refractivity contribution in [3.63, 3.8) is 0 Å². The van der Waals surface area contributed by atoms with Crippen LogP contribution in [0.2, 0.25) is 0 Å². The molecule has 0 aromatic rings. The molecule has 0 aromatic carbocycles. The van der Waals surface area contributed by atoms with Gasteiger partial charge in [-0.2, -0.15) is 0 Å². The van der Waals surface area contributed by atoms with E-state index in [9.17, 15) is 0 Å². The summed E-state index contributed by atoms with van der Waals surface area (Å²) in [6.07, 6.45) is 14.2. The highest BCUT2D eigenvalue weighted by Crippen LogP contribution is 2.34. The zero-order valence-corrected chi connectivity index (χ0v) is 6.51. The predicted molar refractivity (Wildman–Crippen MR) is 46.6 cm³/mol. The highest BCUT2D eigenvalue weighted by Gasteiger charge is 2.21. The van der Waals surface area contributed by atoms with E-state index in [0.717, 1.165) is 0 Å². The van der Waals surface area contributed by atoms with Gasteiger partial charge in [0.25, 0.3) is 0 Å². The van der Waals surface area contributed by atoms with Gasteiger partial charge >= 0.3 is 0 Å². The summed E-state index contributed by atoms with van der Waals surface area (Å²) >= 11 is 0. The van der Waals surface area contributed by atoms with Gasteiger partial charge in [0.15, 0.2) is 0 Å². The second-order valence-electron chi connectivity index (χ2n) is 2.93. The van der Waals surface area contributed by atoms with Crippen LogP contribution in [-0.4, -0.2) is 0 Å². The monoisotopic (exact) mass is 146 g/mol. The first-order valence-electron chi connectivity index (χ1n) is 4.12.